The second-order valence-corrected chi connectivity index (χ2v) is 6.82. The summed E-state index contributed by atoms with van der Waals surface area (Å²) in [6.45, 7) is 0. The van der Waals surface area contributed by atoms with Gasteiger partial charge in [0.05, 0.1) is 19.1 Å². The van der Waals surface area contributed by atoms with Crippen LogP contribution < -0.4 is 10.1 Å². The zero-order valence-electron chi connectivity index (χ0n) is 16.0. The van der Waals surface area contributed by atoms with Gasteiger partial charge in [0.15, 0.2) is 0 Å². The number of nitrogens with one attached hydrogen (secondary N) is 1. The third-order valence-corrected chi connectivity index (χ3v) is 4.66. The van der Waals surface area contributed by atoms with Crippen molar-refractivity contribution in [1.29, 1.82) is 0 Å². The van der Waals surface area contributed by atoms with Crippen molar-refractivity contribution in [1.82, 2.24) is 15.1 Å². The molecule has 150 valence electrons. The van der Waals surface area contributed by atoms with Crippen molar-refractivity contribution in [3.8, 4) is 17.1 Å². The summed E-state index contributed by atoms with van der Waals surface area (Å²) in [5, 5.41) is 7.38. The number of rotatable bonds is 6. The van der Waals surface area contributed by atoms with Gasteiger partial charge in [-0.3, -0.25) is 9.78 Å². The molecule has 0 saturated heterocycles. The van der Waals surface area contributed by atoms with Crippen LogP contribution in [0.25, 0.3) is 11.4 Å². The van der Waals surface area contributed by atoms with E-state index in [1.165, 1.54) is 7.11 Å². The average molecular weight is 421 g/mol. The second-order valence-electron chi connectivity index (χ2n) is 6.38. The van der Waals surface area contributed by atoms with Gasteiger partial charge in [0, 0.05) is 28.7 Å². The number of hydrogen-bond acceptors (Lipinski definition) is 6. The highest BCUT2D eigenvalue weighted by atomic mass is 35.5. The molecule has 4 aromatic rings. The molecule has 30 heavy (non-hydrogen) atoms. The van der Waals surface area contributed by atoms with Gasteiger partial charge in [-0.2, -0.15) is 4.98 Å². The fourth-order valence-corrected chi connectivity index (χ4v) is 3.12. The van der Waals surface area contributed by atoms with Gasteiger partial charge in [-0.25, -0.2) is 0 Å². The normalized spacial score (nSPS) is 10.6. The summed E-state index contributed by atoms with van der Waals surface area (Å²) in [5.41, 5.74) is 2.62. The Hall–Kier alpha value is -3.71. The molecule has 0 radical (unpaired) electrons. The summed E-state index contributed by atoms with van der Waals surface area (Å²) in [5.74, 6) is 1.03. The van der Waals surface area contributed by atoms with E-state index < -0.39 is 0 Å². The predicted octanol–water partition coefficient (Wildman–Crippen LogP) is 4.64. The molecule has 0 fully saturated rings. The number of anilines is 1. The number of ether oxygens (including phenoxy) is 1. The molecule has 8 heteroatoms. The van der Waals surface area contributed by atoms with Gasteiger partial charge < -0.3 is 14.6 Å². The number of nitrogens with zero attached hydrogens (tertiary/aromatic N) is 3. The van der Waals surface area contributed by atoms with Crippen molar-refractivity contribution < 1.29 is 14.1 Å². The summed E-state index contributed by atoms with van der Waals surface area (Å²) in [6, 6.07) is 15.9. The highest BCUT2D eigenvalue weighted by Crippen LogP contribution is 2.26. The summed E-state index contributed by atoms with van der Waals surface area (Å²) in [6.07, 6.45) is 3.70. The minimum absolute atomic E-state index is 0.329. The van der Waals surface area contributed by atoms with Gasteiger partial charge in [0.25, 0.3) is 5.91 Å². The molecule has 7 nitrogen and oxygen atoms in total. The van der Waals surface area contributed by atoms with E-state index in [1.54, 1.807) is 42.7 Å². The van der Waals surface area contributed by atoms with Crippen LogP contribution in [-0.4, -0.2) is 28.1 Å². The minimum atomic E-state index is -0.329. The van der Waals surface area contributed by atoms with E-state index in [0.717, 1.165) is 11.1 Å². The predicted molar refractivity (Wildman–Crippen MR) is 113 cm³/mol. The Labute approximate surface area is 177 Å². The molecule has 2 aromatic heterocycles. The number of aromatic nitrogens is 3. The van der Waals surface area contributed by atoms with Gasteiger partial charge in [-0.05, 0) is 42.0 Å². The molecule has 1 amide bonds. The van der Waals surface area contributed by atoms with Gasteiger partial charge in [-0.15, -0.1) is 0 Å². The third-order valence-electron chi connectivity index (χ3n) is 4.42. The maximum Gasteiger partial charge on any atom is 0.259 e. The molecule has 0 aliphatic carbocycles. The number of methoxy groups -OCH3 is 1. The van der Waals surface area contributed by atoms with Gasteiger partial charge in [0.2, 0.25) is 11.7 Å². The zero-order valence-corrected chi connectivity index (χ0v) is 16.8. The van der Waals surface area contributed by atoms with Crippen LogP contribution in [0.15, 0.2) is 71.5 Å². The molecule has 2 heterocycles. The van der Waals surface area contributed by atoms with E-state index in [-0.39, 0.29) is 5.91 Å². The SMILES string of the molecule is COc1ccc(Cl)cc1C(=O)Nc1ccccc1Cc1nc(-c2ccncc2)no1. The van der Waals surface area contributed by atoms with Crippen LogP contribution in [0.4, 0.5) is 5.69 Å². The van der Waals surface area contributed by atoms with E-state index in [9.17, 15) is 4.79 Å². The fourth-order valence-electron chi connectivity index (χ4n) is 2.95. The van der Waals surface area contributed by atoms with Crippen LogP contribution in [0.5, 0.6) is 5.75 Å². The lowest BCUT2D eigenvalue weighted by atomic mass is 10.1. The Morgan fingerprint density at radius 2 is 1.93 bits per heavy atom. The first kappa shape index (κ1) is 19.6. The fraction of sp³-hybridized carbons (Fsp3) is 0.0909. The largest absolute Gasteiger partial charge is 0.496 e. The monoisotopic (exact) mass is 420 g/mol. The van der Waals surface area contributed by atoms with Crippen molar-refractivity contribution in [2.75, 3.05) is 12.4 Å². The third kappa shape index (κ3) is 4.31. The molecular weight excluding hydrogens is 404 g/mol. The molecule has 0 unspecified atom stereocenters. The first-order chi connectivity index (χ1) is 14.6. The molecule has 0 saturated carbocycles. The highest BCUT2D eigenvalue weighted by Gasteiger charge is 2.16. The maximum atomic E-state index is 12.8. The molecule has 0 bridgehead atoms. The summed E-state index contributed by atoms with van der Waals surface area (Å²) >= 11 is 6.05. The van der Waals surface area contributed by atoms with Gasteiger partial charge in [0.1, 0.15) is 5.75 Å². The Morgan fingerprint density at radius 1 is 1.13 bits per heavy atom. The Balaban J connectivity index is 1.56. The smallest absolute Gasteiger partial charge is 0.259 e. The summed E-state index contributed by atoms with van der Waals surface area (Å²) < 4.78 is 10.7. The number of halogens is 1. The Morgan fingerprint density at radius 3 is 2.73 bits per heavy atom. The summed E-state index contributed by atoms with van der Waals surface area (Å²) in [7, 11) is 1.50. The van der Waals surface area contributed by atoms with Crippen LogP contribution >= 0.6 is 11.6 Å². The first-order valence-corrected chi connectivity index (χ1v) is 9.47. The number of carbonyl (C=O) groups excluding carboxylic acids is 1. The van der Waals surface area contributed by atoms with Crippen molar-refractivity contribution in [2.24, 2.45) is 0 Å². The van der Waals surface area contributed by atoms with Crippen LogP contribution in [0.2, 0.25) is 5.02 Å². The van der Waals surface area contributed by atoms with Crippen LogP contribution in [0, 0.1) is 0 Å². The number of hydrogen-bond donors (Lipinski definition) is 1. The van der Waals surface area contributed by atoms with Gasteiger partial charge >= 0.3 is 0 Å². The second kappa shape index (κ2) is 8.75. The molecule has 0 aliphatic heterocycles. The number of carbonyl (C=O) groups is 1. The van der Waals surface area contributed by atoms with Crippen molar-refractivity contribution in [3.63, 3.8) is 0 Å². The maximum absolute atomic E-state index is 12.8. The topological polar surface area (TPSA) is 90.1 Å². The van der Waals surface area contributed by atoms with Gasteiger partial charge in [-0.1, -0.05) is 35.0 Å². The Kier molecular flexibility index (Phi) is 5.72. The number of para-hydroxylation sites is 1. The van der Waals surface area contributed by atoms with E-state index in [4.69, 9.17) is 20.9 Å². The lowest BCUT2D eigenvalue weighted by Gasteiger charge is -2.12. The molecule has 0 atom stereocenters. The van der Waals surface area contributed by atoms with Crippen LogP contribution in [0.3, 0.4) is 0 Å². The van der Waals surface area contributed by atoms with Crippen molar-refractivity contribution in [2.45, 2.75) is 6.42 Å². The van der Waals surface area contributed by atoms with Crippen molar-refractivity contribution in [3.05, 3.63) is 89.0 Å². The van der Waals surface area contributed by atoms with E-state index in [0.29, 0.717) is 40.2 Å². The quantitative estimate of drug-likeness (QED) is 0.488. The standard InChI is InChI=1S/C22H17ClN4O3/c1-29-19-7-6-16(23)13-17(19)22(28)25-18-5-3-2-4-15(18)12-20-26-21(27-30-20)14-8-10-24-11-9-14/h2-11,13H,12H2,1H3,(H,25,28). The van der Waals surface area contributed by atoms with E-state index in [1.807, 2.05) is 24.3 Å². The molecule has 4 rings (SSSR count). The number of pyridine rings is 1. The number of benzene rings is 2. The molecule has 0 aliphatic rings. The highest BCUT2D eigenvalue weighted by molar-refractivity contribution is 6.31. The molecule has 0 spiro atoms. The van der Waals surface area contributed by atoms with Crippen LogP contribution in [0.1, 0.15) is 21.8 Å². The zero-order chi connectivity index (χ0) is 20.9. The first-order valence-electron chi connectivity index (χ1n) is 9.10. The Bertz CT molecular complexity index is 1180. The summed E-state index contributed by atoms with van der Waals surface area (Å²) in [4.78, 5) is 21.3. The van der Waals surface area contributed by atoms with E-state index in [2.05, 4.69) is 20.4 Å². The van der Waals surface area contributed by atoms with Crippen molar-refractivity contribution >= 4 is 23.2 Å². The van der Waals surface area contributed by atoms with E-state index >= 15 is 0 Å². The molecular formula is C22H17ClN4O3. The van der Waals surface area contributed by atoms with Crippen LogP contribution in [-0.2, 0) is 6.42 Å². The molecule has 2 aromatic carbocycles. The molecule has 1 N–H and O–H groups in total. The minimum Gasteiger partial charge on any atom is -0.496 e. The average Bonchev–Trinajstić information content (AvgIpc) is 3.24. The number of amides is 1. The lowest BCUT2D eigenvalue weighted by molar-refractivity contribution is 0.102. The lowest BCUT2D eigenvalue weighted by Crippen LogP contribution is -2.14.